The van der Waals surface area contributed by atoms with E-state index in [9.17, 15) is 5.11 Å². The summed E-state index contributed by atoms with van der Waals surface area (Å²) in [6, 6.07) is 0. The SMILES string of the molecule is CN1CN([C@H]2CC(O)[C@@H](CO)O2)c2ncnc(N)c21. The predicted octanol–water partition coefficient (Wildman–Crippen LogP) is -1.26. The Hall–Kier alpha value is -1.64. The summed E-state index contributed by atoms with van der Waals surface area (Å²) in [6.45, 7) is 0.369. The van der Waals surface area contributed by atoms with Crippen LogP contribution in [0.4, 0.5) is 17.3 Å². The van der Waals surface area contributed by atoms with E-state index in [0.29, 0.717) is 24.7 Å². The molecule has 0 saturated carbocycles. The van der Waals surface area contributed by atoms with Crippen LogP contribution in [0, 0.1) is 0 Å². The number of hydrogen-bond donors (Lipinski definition) is 3. The first kappa shape index (κ1) is 12.4. The van der Waals surface area contributed by atoms with Crippen molar-refractivity contribution in [3.63, 3.8) is 0 Å². The van der Waals surface area contributed by atoms with Crippen molar-refractivity contribution in [1.29, 1.82) is 0 Å². The summed E-state index contributed by atoms with van der Waals surface area (Å²) in [4.78, 5) is 12.1. The second-order valence-electron chi connectivity index (χ2n) is 4.86. The molecule has 3 atom stereocenters. The summed E-state index contributed by atoms with van der Waals surface area (Å²) in [7, 11) is 1.90. The van der Waals surface area contributed by atoms with Gasteiger partial charge in [-0.15, -0.1) is 0 Å². The Balaban J connectivity index is 1.88. The van der Waals surface area contributed by atoms with Gasteiger partial charge in [-0.05, 0) is 0 Å². The summed E-state index contributed by atoms with van der Waals surface area (Å²) in [5.41, 5.74) is 6.63. The van der Waals surface area contributed by atoms with E-state index >= 15 is 0 Å². The van der Waals surface area contributed by atoms with Crippen LogP contribution in [0.15, 0.2) is 6.33 Å². The smallest absolute Gasteiger partial charge is 0.161 e. The van der Waals surface area contributed by atoms with Crippen molar-refractivity contribution in [3.05, 3.63) is 6.33 Å². The molecule has 0 aliphatic carbocycles. The highest BCUT2D eigenvalue weighted by Gasteiger charge is 2.41. The van der Waals surface area contributed by atoms with Crippen LogP contribution in [-0.2, 0) is 4.74 Å². The third kappa shape index (κ3) is 1.88. The van der Waals surface area contributed by atoms with E-state index in [4.69, 9.17) is 15.6 Å². The average molecular weight is 267 g/mol. The van der Waals surface area contributed by atoms with Crippen LogP contribution in [0.2, 0.25) is 0 Å². The summed E-state index contributed by atoms with van der Waals surface area (Å²) in [6.07, 6.45) is 0.324. The van der Waals surface area contributed by atoms with Gasteiger partial charge in [-0.1, -0.05) is 0 Å². The van der Waals surface area contributed by atoms with Gasteiger partial charge >= 0.3 is 0 Å². The average Bonchev–Trinajstić information content (AvgIpc) is 2.91. The molecule has 0 aromatic carbocycles. The molecule has 104 valence electrons. The number of rotatable bonds is 2. The second-order valence-corrected chi connectivity index (χ2v) is 4.86. The molecule has 3 heterocycles. The fourth-order valence-corrected chi connectivity index (χ4v) is 2.62. The Morgan fingerprint density at radius 2 is 2.32 bits per heavy atom. The van der Waals surface area contributed by atoms with E-state index in [-0.39, 0.29) is 12.8 Å². The van der Waals surface area contributed by atoms with E-state index in [2.05, 4.69) is 9.97 Å². The summed E-state index contributed by atoms with van der Waals surface area (Å²) in [5, 5.41) is 18.9. The van der Waals surface area contributed by atoms with Gasteiger partial charge in [0.2, 0.25) is 0 Å². The number of ether oxygens (including phenoxy) is 1. The molecular weight excluding hydrogens is 250 g/mol. The minimum atomic E-state index is -0.663. The molecule has 0 amide bonds. The van der Waals surface area contributed by atoms with Crippen molar-refractivity contribution in [2.45, 2.75) is 24.9 Å². The first-order valence-corrected chi connectivity index (χ1v) is 6.14. The molecule has 1 aromatic heterocycles. The van der Waals surface area contributed by atoms with E-state index in [1.807, 2.05) is 16.8 Å². The maximum atomic E-state index is 9.81. The molecule has 4 N–H and O–H groups in total. The van der Waals surface area contributed by atoms with Crippen LogP contribution in [0.3, 0.4) is 0 Å². The molecule has 2 aliphatic heterocycles. The monoisotopic (exact) mass is 267 g/mol. The molecular formula is C11H17N5O3. The lowest BCUT2D eigenvalue weighted by atomic mass is 10.2. The summed E-state index contributed by atoms with van der Waals surface area (Å²) >= 11 is 0. The zero-order valence-electron chi connectivity index (χ0n) is 10.6. The highest BCUT2D eigenvalue weighted by atomic mass is 16.5. The van der Waals surface area contributed by atoms with Crippen LogP contribution >= 0.6 is 0 Å². The second kappa shape index (κ2) is 4.48. The maximum Gasteiger partial charge on any atom is 0.161 e. The Labute approximate surface area is 110 Å². The number of nitrogen functional groups attached to an aromatic ring is 1. The van der Waals surface area contributed by atoms with E-state index in [1.54, 1.807) is 0 Å². The van der Waals surface area contributed by atoms with Gasteiger partial charge in [-0.2, -0.15) is 0 Å². The van der Waals surface area contributed by atoms with Crippen LogP contribution in [0.25, 0.3) is 0 Å². The lowest BCUT2D eigenvalue weighted by Crippen LogP contribution is -2.38. The number of anilines is 3. The van der Waals surface area contributed by atoms with Crippen molar-refractivity contribution in [2.24, 2.45) is 0 Å². The number of fused-ring (bicyclic) bond motifs is 1. The number of aliphatic hydroxyl groups is 2. The molecule has 1 aromatic rings. The van der Waals surface area contributed by atoms with E-state index in [0.717, 1.165) is 5.69 Å². The van der Waals surface area contributed by atoms with Crippen LogP contribution in [0.1, 0.15) is 6.42 Å². The zero-order chi connectivity index (χ0) is 13.6. The molecule has 2 aliphatic rings. The minimum Gasteiger partial charge on any atom is -0.394 e. The van der Waals surface area contributed by atoms with E-state index in [1.165, 1.54) is 6.33 Å². The van der Waals surface area contributed by atoms with Crippen LogP contribution in [0.5, 0.6) is 0 Å². The van der Waals surface area contributed by atoms with Gasteiger partial charge in [-0.3, -0.25) is 0 Å². The Bertz CT molecular complexity index is 485. The zero-order valence-corrected chi connectivity index (χ0v) is 10.6. The third-order valence-corrected chi connectivity index (χ3v) is 3.58. The number of nitrogens with zero attached hydrogens (tertiary/aromatic N) is 4. The molecule has 8 nitrogen and oxygen atoms in total. The summed E-state index contributed by atoms with van der Waals surface area (Å²) < 4.78 is 5.65. The summed E-state index contributed by atoms with van der Waals surface area (Å²) in [5.74, 6) is 1.12. The van der Waals surface area contributed by atoms with Gasteiger partial charge in [0.15, 0.2) is 11.6 Å². The number of nitrogens with two attached hydrogens (primary N) is 1. The van der Waals surface area contributed by atoms with Gasteiger partial charge in [-0.25, -0.2) is 9.97 Å². The Kier molecular flexibility index (Phi) is 2.92. The number of aliphatic hydroxyl groups excluding tert-OH is 2. The lowest BCUT2D eigenvalue weighted by Gasteiger charge is -2.25. The topological polar surface area (TPSA) is 108 Å². The van der Waals surface area contributed by atoms with Crippen molar-refractivity contribution in [3.8, 4) is 0 Å². The molecule has 3 rings (SSSR count). The molecule has 0 radical (unpaired) electrons. The van der Waals surface area contributed by atoms with Gasteiger partial charge in [0.05, 0.1) is 19.4 Å². The van der Waals surface area contributed by atoms with Gasteiger partial charge in [0, 0.05) is 13.5 Å². The fraction of sp³-hybridized carbons (Fsp3) is 0.636. The number of aromatic nitrogens is 2. The fourth-order valence-electron chi connectivity index (χ4n) is 2.62. The molecule has 8 heteroatoms. The van der Waals surface area contributed by atoms with Crippen molar-refractivity contribution in [2.75, 3.05) is 35.9 Å². The predicted molar refractivity (Wildman–Crippen MR) is 68.6 cm³/mol. The maximum absolute atomic E-state index is 9.81. The van der Waals surface area contributed by atoms with Crippen molar-refractivity contribution < 1.29 is 14.9 Å². The highest BCUT2D eigenvalue weighted by Crippen LogP contribution is 2.39. The molecule has 0 bridgehead atoms. The first-order chi connectivity index (χ1) is 9.11. The largest absolute Gasteiger partial charge is 0.394 e. The molecule has 1 saturated heterocycles. The van der Waals surface area contributed by atoms with Gasteiger partial charge < -0.3 is 30.5 Å². The molecule has 1 unspecified atom stereocenters. The third-order valence-electron chi connectivity index (χ3n) is 3.58. The van der Waals surface area contributed by atoms with Crippen LogP contribution < -0.4 is 15.5 Å². The standard InChI is InChI=1S/C11H17N5O3/c1-15-5-16(8-2-6(18)7(3-17)19-8)11-9(15)10(12)13-4-14-11/h4,6-8,17-18H,2-3,5H2,1H3,(H2,12,13,14)/t6?,7-,8-/m1/s1. The quantitative estimate of drug-likeness (QED) is 0.609. The molecule has 19 heavy (non-hydrogen) atoms. The Morgan fingerprint density at radius 3 is 3.00 bits per heavy atom. The van der Waals surface area contributed by atoms with Crippen molar-refractivity contribution in [1.82, 2.24) is 9.97 Å². The minimum absolute atomic E-state index is 0.194. The first-order valence-electron chi connectivity index (χ1n) is 6.14. The van der Waals surface area contributed by atoms with Gasteiger partial charge in [0.25, 0.3) is 0 Å². The van der Waals surface area contributed by atoms with Crippen LogP contribution in [-0.4, -0.2) is 58.9 Å². The number of hydrogen-bond acceptors (Lipinski definition) is 8. The Morgan fingerprint density at radius 1 is 1.53 bits per heavy atom. The van der Waals surface area contributed by atoms with Crippen molar-refractivity contribution >= 4 is 17.3 Å². The molecule has 0 spiro atoms. The lowest BCUT2D eigenvalue weighted by molar-refractivity contribution is -0.0220. The normalized spacial score (nSPS) is 29.9. The molecule has 1 fully saturated rings. The van der Waals surface area contributed by atoms with E-state index < -0.39 is 12.2 Å². The van der Waals surface area contributed by atoms with Gasteiger partial charge in [0.1, 0.15) is 24.3 Å². The highest BCUT2D eigenvalue weighted by molar-refractivity contribution is 5.81.